The number of phosphoric acid groups is 1. The molecule has 16 nitrogen and oxygen atoms in total. The minimum absolute atomic E-state index is 0.0148. The van der Waals surface area contributed by atoms with Gasteiger partial charge in [0.15, 0.2) is 6.10 Å². The van der Waals surface area contributed by atoms with E-state index in [0.717, 1.165) is 51.4 Å². The Morgan fingerprint density at radius 3 is 2.10 bits per heavy atom. The molecule has 1 heterocycles. The Bertz CT molecular complexity index is 1330. The summed E-state index contributed by atoms with van der Waals surface area (Å²) in [6.07, 6.45) is 3.48. The summed E-state index contributed by atoms with van der Waals surface area (Å²) in [6, 6.07) is 0. The average Bonchev–Trinajstić information content (AvgIpc) is 3.21. The number of aliphatic hydroxyl groups is 8. The molecule has 1 aliphatic heterocycles. The summed E-state index contributed by atoms with van der Waals surface area (Å²) in [5.41, 5.74) is 0. The van der Waals surface area contributed by atoms with E-state index < -0.39 is 112 Å². The van der Waals surface area contributed by atoms with Gasteiger partial charge in [0.05, 0.1) is 43.5 Å². The zero-order valence-corrected chi connectivity index (χ0v) is 36.5. The monoisotopic (exact) mass is 878 g/mol. The van der Waals surface area contributed by atoms with E-state index in [4.69, 9.17) is 18.5 Å². The van der Waals surface area contributed by atoms with Gasteiger partial charge in [-0.3, -0.25) is 18.6 Å². The molecule has 0 aromatic rings. The number of phosphoric ester groups is 1. The molecule has 1 fully saturated rings. The molecule has 2 rings (SSSR count). The maximum atomic E-state index is 13.4. The van der Waals surface area contributed by atoms with Gasteiger partial charge >= 0.3 is 19.8 Å². The molecular formula is C43H75O16P. The van der Waals surface area contributed by atoms with E-state index in [2.05, 4.69) is 19.1 Å². The number of hydrogen-bond acceptors (Lipinski definition) is 15. The fraction of sp³-hybridized carbons (Fsp3) is 0.814. The topological polar surface area (TPSA) is 270 Å². The van der Waals surface area contributed by atoms with E-state index in [1.807, 2.05) is 6.92 Å². The van der Waals surface area contributed by atoms with Crippen molar-refractivity contribution in [3.05, 3.63) is 36.5 Å². The molecular weight excluding hydrogens is 803 g/mol. The molecule has 0 spiro atoms. The van der Waals surface area contributed by atoms with Gasteiger partial charge in [-0.2, -0.15) is 0 Å². The number of unbranched alkanes of at least 4 members (excludes halogenated alkanes) is 11. The number of ether oxygens (including phenoxy) is 2. The van der Waals surface area contributed by atoms with Gasteiger partial charge < -0.3 is 55.2 Å². The van der Waals surface area contributed by atoms with Gasteiger partial charge in [-0.05, 0) is 44.9 Å². The Labute approximate surface area is 355 Å². The summed E-state index contributed by atoms with van der Waals surface area (Å²) < 4.78 is 34.4. The predicted octanol–water partition coefficient (Wildman–Crippen LogP) is 4.21. The van der Waals surface area contributed by atoms with Crippen molar-refractivity contribution in [1.29, 1.82) is 0 Å². The van der Waals surface area contributed by atoms with Crippen LogP contribution in [0.4, 0.5) is 0 Å². The van der Waals surface area contributed by atoms with Crippen molar-refractivity contribution in [1.82, 2.24) is 0 Å². The Kier molecular flexibility index (Phi) is 27.1. The first-order valence-electron chi connectivity index (χ1n) is 22.0. The molecule has 0 amide bonds. The van der Waals surface area contributed by atoms with Crippen molar-refractivity contribution in [3.63, 3.8) is 0 Å². The minimum atomic E-state index is -5.43. The Hall–Kier alpha value is -2.05. The minimum Gasteiger partial charge on any atom is -0.461 e. The first kappa shape index (κ1) is 54.1. The number of carbonyl (C=O) groups is 2. The predicted molar refractivity (Wildman–Crippen MR) is 223 cm³/mol. The van der Waals surface area contributed by atoms with Gasteiger partial charge in [-0.25, -0.2) is 4.57 Å². The van der Waals surface area contributed by atoms with Gasteiger partial charge in [0.2, 0.25) is 0 Å². The van der Waals surface area contributed by atoms with E-state index in [1.54, 1.807) is 0 Å². The number of allylic oxidation sites excluding steroid dienone is 3. The summed E-state index contributed by atoms with van der Waals surface area (Å²) in [5, 5.41) is 89.5. The number of hydrogen-bond donors (Lipinski definition) is 9. The van der Waals surface area contributed by atoms with Crippen LogP contribution in [0.3, 0.4) is 0 Å². The smallest absolute Gasteiger partial charge is 0.461 e. The summed E-state index contributed by atoms with van der Waals surface area (Å²) >= 11 is 0. The molecule has 1 unspecified atom stereocenters. The van der Waals surface area contributed by atoms with E-state index in [0.29, 0.717) is 19.3 Å². The van der Waals surface area contributed by atoms with Crippen molar-refractivity contribution in [3.8, 4) is 0 Å². The van der Waals surface area contributed by atoms with Crippen molar-refractivity contribution in [2.24, 2.45) is 11.8 Å². The molecule has 2 bridgehead atoms. The van der Waals surface area contributed by atoms with Gasteiger partial charge in [0.1, 0.15) is 31.0 Å². The third kappa shape index (κ3) is 20.9. The highest BCUT2D eigenvalue weighted by Crippen LogP contribution is 2.47. The normalized spacial score (nSPS) is 34.0. The Balaban J connectivity index is 2.24. The summed E-state index contributed by atoms with van der Waals surface area (Å²) in [4.78, 5) is 36.3. The molecule has 2 aliphatic rings. The van der Waals surface area contributed by atoms with Crippen LogP contribution >= 0.6 is 7.82 Å². The second-order valence-electron chi connectivity index (χ2n) is 16.2. The zero-order valence-electron chi connectivity index (χ0n) is 35.6. The maximum absolute atomic E-state index is 13.4. The fourth-order valence-corrected chi connectivity index (χ4v) is 8.29. The van der Waals surface area contributed by atoms with Crippen LogP contribution in [0.25, 0.3) is 0 Å². The van der Waals surface area contributed by atoms with Crippen LogP contribution in [-0.2, 0) is 32.7 Å². The van der Waals surface area contributed by atoms with E-state index in [-0.39, 0.29) is 19.3 Å². The molecule has 17 heteroatoms. The first-order valence-corrected chi connectivity index (χ1v) is 23.5. The van der Waals surface area contributed by atoms with Crippen LogP contribution in [0.5, 0.6) is 0 Å². The lowest BCUT2D eigenvalue weighted by Crippen LogP contribution is -2.55. The van der Waals surface area contributed by atoms with Crippen LogP contribution in [0.15, 0.2) is 36.5 Å². The summed E-state index contributed by atoms with van der Waals surface area (Å²) in [5.74, 6) is -4.28. The first-order chi connectivity index (χ1) is 28.6. The summed E-state index contributed by atoms with van der Waals surface area (Å²) in [7, 11) is -5.43. The van der Waals surface area contributed by atoms with Crippen molar-refractivity contribution < 1.29 is 78.4 Å². The number of fused-ring (bicyclic) bond motifs is 4. The highest BCUT2D eigenvalue weighted by molar-refractivity contribution is 7.47. The molecule has 13 atom stereocenters. The van der Waals surface area contributed by atoms with Crippen LogP contribution in [0.1, 0.15) is 136 Å². The fourth-order valence-electron chi connectivity index (χ4n) is 7.31. The third-order valence-electron chi connectivity index (χ3n) is 11.0. The Morgan fingerprint density at radius 2 is 1.42 bits per heavy atom. The third-order valence-corrected chi connectivity index (χ3v) is 12.0. The van der Waals surface area contributed by atoms with Gasteiger partial charge in [-0.1, -0.05) is 108 Å². The number of esters is 2. The highest BCUT2D eigenvalue weighted by Gasteiger charge is 2.49. The number of rotatable bonds is 20. The van der Waals surface area contributed by atoms with Crippen LogP contribution in [0, 0.1) is 11.8 Å². The highest BCUT2D eigenvalue weighted by atomic mass is 31.2. The lowest BCUT2D eigenvalue weighted by atomic mass is 9.83. The van der Waals surface area contributed by atoms with E-state index in [1.165, 1.54) is 50.0 Å². The molecule has 348 valence electrons. The van der Waals surface area contributed by atoms with Crippen LogP contribution in [-0.4, -0.2) is 132 Å². The van der Waals surface area contributed by atoms with Crippen LogP contribution < -0.4 is 0 Å². The van der Waals surface area contributed by atoms with Crippen molar-refractivity contribution >= 4 is 19.8 Å². The molecule has 0 radical (unpaired) electrons. The van der Waals surface area contributed by atoms with Gasteiger partial charge in [0, 0.05) is 24.7 Å². The molecule has 0 saturated heterocycles. The maximum Gasteiger partial charge on any atom is 0.472 e. The number of cyclic esters (lactones) is 1. The van der Waals surface area contributed by atoms with E-state index >= 15 is 0 Å². The largest absolute Gasteiger partial charge is 0.472 e. The molecule has 1 aliphatic carbocycles. The lowest BCUT2D eigenvalue weighted by Gasteiger charge is -2.37. The zero-order chi connectivity index (χ0) is 44.5. The lowest BCUT2D eigenvalue weighted by molar-refractivity contribution is -0.167. The number of aliphatic hydroxyl groups excluding tert-OH is 8. The quantitative estimate of drug-likeness (QED) is 0.0359. The Morgan fingerprint density at radius 1 is 0.800 bits per heavy atom. The van der Waals surface area contributed by atoms with Gasteiger partial charge in [0.25, 0.3) is 0 Å². The second-order valence-corrected chi connectivity index (χ2v) is 17.6. The second kappa shape index (κ2) is 30.1. The molecule has 0 aromatic heterocycles. The summed E-state index contributed by atoms with van der Waals surface area (Å²) in [6.45, 7) is 2.74. The SMILES string of the molecule is CCCCCC/C=C\CCCCCCCC(=O)O[C@@H]1COC(=O)C/C=C\C[C@H]2[C@@H](O)[C@H](O)[C@@H](O)[C@H](OP(=O)(O)OC1)[C@H](O)[C@H](O)[C@@H](/C=C/[C@H](O)CCCCC)[C@H](O)C[C@@H]2O. The van der Waals surface area contributed by atoms with E-state index in [9.17, 15) is 59.9 Å². The molecule has 1 saturated carbocycles. The standard InChI is InChI=1S/C43H75O16P/c1-3-5-7-8-9-10-11-12-13-14-15-16-18-24-37(48)58-31-28-56-36(47)23-20-19-22-32-34(45)27-35(46)33(26-25-30(44)21-17-6-4-2)39(50)41(52)43(42(53)40(51)38(32)49)59-60(54,55)57-29-31/h10-11,19-20,25-26,30-35,38-46,49-53H,3-9,12-18,21-24,27-29H2,1-2H3,(H,54,55)/b11-10-,20-19-,26-25+/t30-,31-,32-,33+,34+,35-,38-,39-,40+,41-,42-,43-/m1/s1. The van der Waals surface area contributed by atoms with Crippen molar-refractivity contribution in [2.75, 3.05) is 13.2 Å². The van der Waals surface area contributed by atoms with Gasteiger partial charge in [-0.15, -0.1) is 0 Å². The molecule has 60 heavy (non-hydrogen) atoms. The van der Waals surface area contributed by atoms with Crippen molar-refractivity contribution in [2.45, 2.75) is 197 Å². The van der Waals surface area contributed by atoms with Crippen LogP contribution in [0.2, 0.25) is 0 Å². The number of carbonyl (C=O) groups excluding carboxylic acids is 2. The average molecular weight is 879 g/mol. The molecule has 9 N–H and O–H groups in total. The molecule has 0 aromatic carbocycles.